The second-order valence-corrected chi connectivity index (χ2v) is 12.5. The molecule has 2 fully saturated rings. The molecule has 0 bridgehead atoms. The number of hydrogen-bond acceptors (Lipinski definition) is 4. The van der Waals surface area contributed by atoms with Gasteiger partial charge in [0.15, 0.2) is 0 Å². The number of benzene rings is 2. The summed E-state index contributed by atoms with van der Waals surface area (Å²) in [7, 11) is -0.494. The van der Waals surface area contributed by atoms with E-state index in [9.17, 15) is 9.90 Å². The van der Waals surface area contributed by atoms with Crippen molar-refractivity contribution in [3.8, 4) is 11.1 Å². The van der Waals surface area contributed by atoms with Crippen LogP contribution in [0.1, 0.15) is 48.5 Å². The molecule has 1 atom stereocenters. The molecule has 0 radical (unpaired) electrons. The van der Waals surface area contributed by atoms with Gasteiger partial charge < -0.3 is 29.2 Å². The van der Waals surface area contributed by atoms with Gasteiger partial charge in [-0.2, -0.15) is 0 Å². The molecule has 2 saturated heterocycles. The number of amides is 1. The predicted octanol–water partition coefficient (Wildman–Crippen LogP) is 5.35. The molecule has 2 aliphatic rings. The average Bonchev–Trinajstić information content (AvgIpc) is 3.38. The number of nitrogens with zero attached hydrogens (tertiary/aromatic N) is 2. The van der Waals surface area contributed by atoms with Crippen molar-refractivity contribution in [3.05, 3.63) is 48.7 Å². The number of carbonyl (C=O) groups is 1. The molecule has 2 N–H and O–H groups in total. The zero-order valence-corrected chi connectivity index (χ0v) is 23.0. The smallest absolute Gasteiger partial charge is 0.465 e. The highest BCUT2D eigenvalue weighted by atomic mass is 16.7. The number of rotatable bonds is 3. The van der Waals surface area contributed by atoms with Crippen molar-refractivity contribution in [1.82, 2.24) is 9.88 Å². The Morgan fingerprint density at radius 3 is 2.35 bits per heavy atom. The molecule has 2 aromatic carbocycles. The van der Waals surface area contributed by atoms with Gasteiger partial charge in [0.25, 0.3) is 0 Å². The van der Waals surface area contributed by atoms with E-state index in [1.807, 2.05) is 6.20 Å². The van der Waals surface area contributed by atoms with Crippen LogP contribution in [0, 0.1) is 5.41 Å². The summed E-state index contributed by atoms with van der Waals surface area (Å²) in [5.74, 6) is 0. The third kappa shape index (κ3) is 4.73. The fraction of sp³-hybridized carbons (Fsp3) is 0.483. The van der Waals surface area contributed by atoms with Gasteiger partial charge in [-0.05, 0) is 79.4 Å². The van der Waals surface area contributed by atoms with Gasteiger partial charge in [-0.15, -0.1) is 0 Å². The summed E-state index contributed by atoms with van der Waals surface area (Å²) in [6.07, 6.45) is 1.09. The SMILES string of the molecule is CC(C)(C)C1CN(C(=O)O)CCN1c1cc(B2OC(C)(C)C(C)(C)O2)cc(-c2ccc3cc[nH]c3c2)c1. The zero-order chi connectivity index (χ0) is 26.8. The lowest BCUT2D eigenvalue weighted by molar-refractivity contribution is 0.00578. The quantitative estimate of drug-likeness (QED) is 0.472. The minimum atomic E-state index is -0.861. The number of nitrogens with one attached hydrogen (secondary N) is 1. The molecular weight excluding hydrogens is 465 g/mol. The Labute approximate surface area is 219 Å². The van der Waals surface area contributed by atoms with Gasteiger partial charge in [0.2, 0.25) is 0 Å². The fourth-order valence-corrected chi connectivity index (χ4v) is 5.32. The van der Waals surface area contributed by atoms with Crippen LogP contribution in [0.5, 0.6) is 0 Å². The van der Waals surface area contributed by atoms with Crippen molar-refractivity contribution in [2.24, 2.45) is 5.41 Å². The van der Waals surface area contributed by atoms with E-state index >= 15 is 0 Å². The summed E-state index contributed by atoms with van der Waals surface area (Å²) < 4.78 is 12.9. The minimum absolute atomic E-state index is 0.0182. The summed E-state index contributed by atoms with van der Waals surface area (Å²) in [4.78, 5) is 19.0. The van der Waals surface area contributed by atoms with Crippen molar-refractivity contribution >= 4 is 35.3 Å². The summed E-state index contributed by atoms with van der Waals surface area (Å²) in [5.41, 5.74) is 4.26. The number of piperazine rings is 1. The van der Waals surface area contributed by atoms with Gasteiger partial charge in [0.1, 0.15) is 0 Å². The fourth-order valence-electron chi connectivity index (χ4n) is 5.32. The standard InChI is InChI=1S/C29H38BN3O4/c1-27(2,3)25-18-32(26(34)35)12-13-33(25)23-15-21(20-9-8-19-10-11-31-24(19)16-20)14-22(17-23)30-36-28(4,5)29(6,7)37-30/h8-11,14-17,25,31H,12-13,18H2,1-7H3,(H,34,35). The van der Waals surface area contributed by atoms with E-state index in [4.69, 9.17) is 9.31 Å². The number of fused-ring (bicyclic) bond motifs is 1. The van der Waals surface area contributed by atoms with Crippen LogP contribution in [0.25, 0.3) is 22.0 Å². The first-order valence-electron chi connectivity index (χ1n) is 13.1. The van der Waals surface area contributed by atoms with Crippen LogP contribution in [0.15, 0.2) is 48.7 Å². The van der Waals surface area contributed by atoms with Gasteiger partial charge in [0.05, 0.1) is 17.2 Å². The van der Waals surface area contributed by atoms with E-state index in [1.54, 1.807) is 0 Å². The van der Waals surface area contributed by atoms with E-state index in [0.29, 0.717) is 19.6 Å². The maximum Gasteiger partial charge on any atom is 0.494 e. The predicted molar refractivity (Wildman–Crippen MR) is 150 cm³/mol. The Balaban J connectivity index is 1.61. The van der Waals surface area contributed by atoms with Crippen LogP contribution in [-0.2, 0) is 9.31 Å². The molecule has 5 rings (SSSR count). The number of aromatic nitrogens is 1. The molecule has 1 aromatic heterocycles. The van der Waals surface area contributed by atoms with E-state index in [0.717, 1.165) is 27.8 Å². The Kier molecular flexibility index (Phi) is 6.11. The Hall–Kier alpha value is -2.97. The van der Waals surface area contributed by atoms with Crippen LogP contribution >= 0.6 is 0 Å². The van der Waals surface area contributed by atoms with Crippen molar-refractivity contribution in [2.75, 3.05) is 24.5 Å². The van der Waals surface area contributed by atoms with E-state index in [1.165, 1.54) is 10.3 Å². The normalized spacial score (nSPS) is 21.6. The van der Waals surface area contributed by atoms with Crippen LogP contribution in [0.2, 0.25) is 0 Å². The lowest BCUT2D eigenvalue weighted by atomic mass is 9.77. The van der Waals surface area contributed by atoms with Crippen LogP contribution in [0.4, 0.5) is 10.5 Å². The molecule has 2 aliphatic heterocycles. The number of carboxylic acid groups (broad SMARTS) is 1. The second kappa shape index (κ2) is 8.81. The summed E-state index contributed by atoms with van der Waals surface area (Å²) in [6.45, 7) is 16.3. The van der Waals surface area contributed by atoms with Gasteiger partial charge in [-0.25, -0.2) is 4.79 Å². The molecule has 0 aliphatic carbocycles. The molecule has 1 unspecified atom stereocenters. The maximum atomic E-state index is 11.8. The monoisotopic (exact) mass is 503 g/mol. The Bertz CT molecular complexity index is 1310. The maximum absolute atomic E-state index is 11.8. The Morgan fingerprint density at radius 1 is 1.00 bits per heavy atom. The Morgan fingerprint density at radius 2 is 1.70 bits per heavy atom. The number of anilines is 1. The van der Waals surface area contributed by atoms with Crippen LogP contribution in [0.3, 0.4) is 0 Å². The summed E-state index contributed by atoms with van der Waals surface area (Å²) in [5, 5.41) is 10.9. The highest BCUT2D eigenvalue weighted by Crippen LogP contribution is 2.38. The second-order valence-electron chi connectivity index (χ2n) is 12.5. The number of aromatic amines is 1. The van der Waals surface area contributed by atoms with Gasteiger partial charge in [-0.1, -0.05) is 39.0 Å². The highest BCUT2D eigenvalue weighted by molar-refractivity contribution is 6.62. The van der Waals surface area contributed by atoms with Gasteiger partial charge in [0, 0.05) is 37.0 Å². The largest absolute Gasteiger partial charge is 0.494 e. The number of hydrogen-bond donors (Lipinski definition) is 2. The average molecular weight is 503 g/mol. The van der Waals surface area contributed by atoms with E-state index in [2.05, 4.69) is 101 Å². The molecule has 3 heterocycles. The molecule has 1 amide bonds. The molecule has 7 nitrogen and oxygen atoms in total. The zero-order valence-electron chi connectivity index (χ0n) is 23.0. The van der Waals surface area contributed by atoms with Gasteiger partial charge in [-0.3, -0.25) is 0 Å². The highest BCUT2D eigenvalue weighted by Gasteiger charge is 2.52. The minimum Gasteiger partial charge on any atom is -0.465 e. The van der Waals surface area contributed by atoms with Crippen molar-refractivity contribution in [2.45, 2.75) is 65.7 Å². The summed E-state index contributed by atoms with van der Waals surface area (Å²) >= 11 is 0. The summed E-state index contributed by atoms with van der Waals surface area (Å²) in [6, 6.07) is 15.1. The molecular formula is C29H38BN3O4. The lowest BCUT2D eigenvalue weighted by Crippen LogP contribution is -2.59. The lowest BCUT2D eigenvalue weighted by Gasteiger charge is -2.48. The van der Waals surface area contributed by atoms with E-state index < -0.39 is 24.4 Å². The number of H-pyrrole nitrogens is 1. The topological polar surface area (TPSA) is 78.0 Å². The van der Waals surface area contributed by atoms with Crippen molar-refractivity contribution in [1.29, 1.82) is 0 Å². The third-order valence-corrected chi connectivity index (χ3v) is 8.34. The van der Waals surface area contributed by atoms with Crippen LogP contribution in [-0.4, -0.2) is 65.1 Å². The first-order chi connectivity index (χ1) is 17.2. The van der Waals surface area contributed by atoms with Crippen LogP contribution < -0.4 is 10.4 Å². The van der Waals surface area contributed by atoms with Gasteiger partial charge >= 0.3 is 13.2 Å². The molecule has 0 saturated carbocycles. The molecule has 0 spiro atoms. The van der Waals surface area contributed by atoms with Crippen molar-refractivity contribution in [3.63, 3.8) is 0 Å². The molecule has 37 heavy (non-hydrogen) atoms. The first-order valence-corrected chi connectivity index (χ1v) is 13.1. The van der Waals surface area contributed by atoms with E-state index in [-0.39, 0.29) is 11.5 Å². The first kappa shape index (κ1) is 25.7. The third-order valence-electron chi connectivity index (χ3n) is 8.34. The molecule has 196 valence electrons. The van der Waals surface area contributed by atoms with Crippen molar-refractivity contribution < 1.29 is 19.2 Å². The molecule has 8 heteroatoms. The molecule has 3 aromatic rings.